The Kier molecular flexibility index (Phi) is 3.29. The number of rotatable bonds is 2. The fourth-order valence-electron chi connectivity index (χ4n) is 2.72. The van der Waals surface area contributed by atoms with E-state index in [4.69, 9.17) is 5.73 Å². The topological polar surface area (TPSA) is 64.7 Å². The molecule has 3 aromatic rings. The summed E-state index contributed by atoms with van der Waals surface area (Å²) in [4.78, 5) is 13.6. The number of nitrogen functional groups attached to an aromatic ring is 1. The molecule has 0 aliphatic carbocycles. The van der Waals surface area contributed by atoms with Gasteiger partial charge in [-0.05, 0) is 25.0 Å². The van der Waals surface area contributed by atoms with Crippen LogP contribution in [0.3, 0.4) is 0 Å². The molecule has 0 spiro atoms. The van der Waals surface area contributed by atoms with Crippen LogP contribution in [0.1, 0.15) is 31.0 Å². The van der Waals surface area contributed by atoms with Crippen LogP contribution >= 0.6 is 0 Å². The molecule has 2 heterocycles. The third kappa shape index (κ3) is 2.33. The Morgan fingerprint density at radius 3 is 2.52 bits per heavy atom. The molecule has 0 saturated heterocycles. The fraction of sp³-hybridized carbons (Fsp3) is 0.235. The molecule has 2 aromatic heterocycles. The zero-order valence-electron chi connectivity index (χ0n) is 12.5. The lowest BCUT2D eigenvalue weighted by atomic mass is 10.0. The van der Waals surface area contributed by atoms with Crippen molar-refractivity contribution in [3.63, 3.8) is 0 Å². The van der Waals surface area contributed by atoms with Crippen molar-refractivity contribution in [3.8, 4) is 11.4 Å². The molecule has 0 saturated carbocycles. The second kappa shape index (κ2) is 5.13. The van der Waals surface area contributed by atoms with Crippen LogP contribution in [0.25, 0.3) is 22.3 Å². The van der Waals surface area contributed by atoms with Gasteiger partial charge >= 0.3 is 0 Å². The van der Waals surface area contributed by atoms with Gasteiger partial charge in [-0.1, -0.05) is 32.0 Å². The lowest BCUT2D eigenvalue weighted by molar-refractivity contribution is 0.836. The molecule has 0 fully saturated rings. The predicted molar refractivity (Wildman–Crippen MR) is 86.0 cm³/mol. The Morgan fingerprint density at radius 2 is 1.81 bits per heavy atom. The van der Waals surface area contributed by atoms with E-state index in [0.717, 1.165) is 27.7 Å². The van der Waals surface area contributed by atoms with Gasteiger partial charge in [0.15, 0.2) is 5.82 Å². The van der Waals surface area contributed by atoms with Crippen LogP contribution < -0.4 is 5.73 Å². The van der Waals surface area contributed by atoms with Crippen molar-refractivity contribution >= 4 is 16.7 Å². The summed E-state index contributed by atoms with van der Waals surface area (Å²) in [5, 5.41) is 1.07. The number of para-hydroxylation sites is 1. The minimum atomic E-state index is 0.310. The summed E-state index contributed by atoms with van der Waals surface area (Å²) in [6.07, 6.45) is 1.78. The molecule has 0 amide bonds. The number of nitrogens with two attached hydrogens (primary N) is 1. The third-order valence-corrected chi connectivity index (χ3v) is 3.62. The molecule has 0 radical (unpaired) electrons. The van der Waals surface area contributed by atoms with E-state index in [0.29, 0.717) is 17.6 Å². The highest BCUT2D eigenvalue weighted by molar-refractivity contribution is 5.91. The van der Waals surface area contributed by atoms with Gasteiger partial charge in [-0.15, -0.1) is 0 Å². The summed E-state index contributed by atoms with van der Waals surface area (Å²) in [7, 11) is 0. The number of anilines is 1. The highest BCUT2D eigenvalue weighted by Crippen LogP contribution is 2.29. The van der Waals surface area contributed by atoms with Crippen LogP contribution in [0.4, 0.5) is 5.82 Å². The normalized spacial score (nSPS) is 11.2. The molecule has 3 rings (SSSR count). The minimum absolute atomic E-state index is 0.310. The summed E-state index contributed by atoms with van der Waals surface area (Å²) in [6, 6.07) is 9.96. The molecule has 4 nitrogen and oxygen atoms in total. The zero-order valence-corrected chi connectivity index (χ0v) is 12.5. The van der Waals surface area contributed by atoms with Gasteiger partial charge in [-0.25, -0.2) is 9.97 Å². The predicted octanol–water partition coefficient (Wildman–Crippen LogP) is 3.71. The van der Waals surface area contributed by atoms with Crippen molar-refractivity contribution < 1.29 is 0 Å². The quantitative estimate of drug-likeness (QED) is 0.776. The summed E-state index contributed by atoms with van der Waals surface area (Å²) in [5.41, 5.74) is 9.90. The van der Waals surface area contributed by atoms with Crippen molar-refractivity contribution in [2.75, 3.05) is 5.73 Å². The van der Waals surface area contributed by atoms with Gasteiger partial charge in [-0.2, -0.15) is 0 Å². The second-order valence-corrected chi connectivity index (χ2v) is 5.47. The van der Waals surface area contributed by atoms with Gasteiger partial charge in [0.2, 0.25) is 0 Å². The van der Waals surface area contributed by atoms with Crippen LogP contribution in [-0.2, 0) is 0 Å². The maximum Gasteiger partial charge on any atom is 0.163 e. The Labute approximate surface area is 124 Å². The summed E-state index contributed by atoms with van der Waals surface area (Å²) in [5.74, 6) is 1.50. The largest absolute Gasteiger partial charge is 0.383 e. The number of aromatic nitrogens is 3. The average Bonchev–Trinajstić information content (AvgIpc) is 2.45. The fourth-order valence-corrected chi connectivity index (χ4v) is 2.72. The first-order valence-corrected chi connectivity index (χ1v) is 7.06. The Morgan fingerprint density at radius 1 is 1.05 bits per heavy atom. The number of hydrogen-bond donors (Lipinski definition) is 1. The van der Waals surface area contributed by atoms with Crippen LogP contribution in [0.5, 0.6) is 0 Å². The Hall–Kier alpha value is -2.49. The number of hydrogen-bond acceptors (Lipinski definition) is 4. The first kappa shape index (κ1) is 13.5. The maximum absolute atomic E-state index is 6.13. The molecule has 106 valence electrons. The van der Waals surface area contributed by atoms with E-state index in [1.165, 1.54) is 0 Å². The van der Waals surface area contributed by atoms with Gasteiger partial charge in [0.1, 0.15) is 5.82 Å². The lowest BCUT2D eigenvalue weighted by Gasteiger charge is -2.13. The highest BCUT2D eigenvalue weighted by atomic mass is 15.0. The van der Waals surface area contributed by atoms with Crippen LogP contribution in [-0.4, -0.2) is 15.0 Å². The van der Waals surface area contributed by atoms with E-state index < -0.39 is 0 Å². The van der Waals surface area contributed by atoms with Gasteiger partial charge in [0, 0.05) is 28.4 Å². The number of benzene rings is 1. The summed E-state index contributed by atoms with van der Waals surface area (Å²) < 4.78 is 0. The summed E-state index contributed by atoms with van der Waals surface area (Å²) in [6.45, 7) is 6.18. The van der Waals surface area contributed by atoms with E-state index in [2.05, 4.69) is 28.8 Å². The van der Waals surface area contributed by atoms with Gasteiger partial charge in [-0.3, -0.25) is 4.98 Å². The molecule has 1 aromatic carbocycles. The molecule has 4 heteroatoms. The Balaban J connectivity index is 2.24. The minimum Gasteiger partial charge on any atom is -0.383 e. The van der Waals surface area contributed by atoms with Crippen molar-refractivity contribution in [2.45, 2.75) is 26.7 Å². The van der Waals surface area contributed by atoms with Crippen molar-refractivity contribution in [2.24, 2.45) is 0 Å². The van der Waals surface area contributed by atoms with Crippen molar-refractivity contribution in [1.82, 2.24) is 15.0 Å². The van der Waals surface area contributed by atoms with Gasteiger partial charge < -0.3 is 5.73 Å². The molecule has 0 unspecified atom stereocenters. The number of aryl methyl sites for hydroxylation is 1. The van der Waals surface area contributed by atoms with Crippen LogP contribution in [0.2, 0.25) is 0 Å². The zero-order chi connectivity index (χ0) is 15.0. The maximum atomic E-state index is 6.13. The first-order chi connectivity index (χ1) is 10.1. The van der Waals surface area contributed by atoms with E-state index in [9.17, 15) is 0 Å². The number of fused-ring (bicyclic) bond motifs is 1. The van der Waals surface area contributed by atoms with E-state index in [1.807, 2.05) is 37.3 Å². The molecule has 2 N–H and O–H groups in total. The Bertz CT molecular complexity index is 780. The third-order valence-electron chi connectivity index (χ3n) is 3.62. The SMILES string of the molecule is Cc1nc(-c2cccc3cccnc23)nc(N)c1C(C)C. The second-order valence-electron chi connectivity index (χ2n) is 5.47. The van der Waals surface area contributed by atoms with E-state index in [-0.39, 0.29) is 0 Å². The standard InChI is InChI=1S/C17H18N4/c1-10(2)14-11(3)20-17(21-16(14)18)13-8-4-6-12-7-5-9-19-15(12)13/h4-10H,1-3H3,(H2,18,20,21). The molecule has 21 heavy (non-hydrogen) atoms. The van der Waals surface area contributed by atoms with E-state index >= 15 is 0 Å². The average molecular weight is 278 g/mol. The summed E-state index contributed by atoms with van der Waals surface area (Å²) >= 11 is 0. The monoisotopic (exact) mass is 278 g/mol. The molecule has 0 aliphatic heterocycles. The molecule has 0 aliphatic rings. The van der Waals surface area contributed by atoms with Gasteiger partial charge in [0.05, 0.1) is 5.52 Å². The van der Waals surface area contributed by atoms with Crippen molar-refractivity contribution in [3.05, 3.63) is 47.8 Å². The highest BCUT2D eigenvalue weighted by Gasteiger charge is 2.15. The molecule has 0 atom stereocenters. The van der Waals surface area contributed by atoms with Crippen LogP contribution in [0.15, 0.2) is 36.5 Å². The van der Waals surface area contributed by atoms with Crippen molar-refractivity contribution in [1.29, 1.82) is 0 Å². The van der Waals surface area contributed by atoms with Crippen LogP contribution in [0, 0.1) is 6.92 Å². The molecular formula is C17H18N4. The number of pyridine rings is 1. The molecular weight excluding hydrogens is 260 g/mol. The van der Waals surface area contributed by atoms with Gasteiger partial charge in [0.25, 0.3) is 0 Å². The lowest BCUT2D eigenvalue weighted by Crippen LogP contribution is -2.06. The smallest absolute Gasteiger partial charge is 0.163 e. The first-order valence-electron chi connectivity index (χ1n) is 7.06. The van der Waals surface area contributed by atoms with E-state index in [1.54, 1.807) is 6.20 Å². The number of nitrogens with zero attached hydrogens (tertiary/aromatic N) is 3. The molecule has 0 bridgehead atoms.